The first-order valence-corrected chi connectivity index (χ1v) is 5.18. The van der Waals surface area contributed by atoms with E-state index in [1.54, 1.807) is 12.1 Å². The van der Waals surface area contributed by atoms with Gasteiger partial charge < -0.3 is 9.72 Å². The van der Waals surface area contributed by atoms with Crippen LogP contribution in [0, 0.1) is 5.82 Å². The van der Waals surface area contributed by atoms with Crippen molar-refractivity contribution in [3.63, 3.8) is 0 Å². The van der Waals surface area contributed by atoms with Gasteiger partial charge in [0.15, 0.2) is 11.6 Å². The number of ether oxygens (including phenoxy) is 1. The van der Waals surface area contributed by atoms with Crippen LogP contribution in [0.25, 0.3) is 11.3 Å². The van der Waals surface area contributed by atoms with Crippen molar-refractivity contribution in [1.82, 2.24) is 4.98 Å². The van der Waals surface area contributed by atoms with E-state index in [1.165, 1.54) is 13.2 Å². The van der Waals surface area contributed by atoms with Crippen LogP contribution in [0.4, 0.5) is 4.39 Å². The van der Waals surface area contributed by atoms with Crippen LogP contribution >= 0.6 is 15.9 Å². The molecule has 0 amide bonds. The van der Waals surface area contributed by atoms with Crippen molar-refractivity contribution in [1.29, 1.82) is 0 Å². The van der Waals surface area contributed by atoms with E-state index < -0.39 is 0 Å². The summed E-state index contributed by atoms with van der Waals surface area (Å²) in [7, 11) is 1.45. The molecule has 0 radical (unpaired) electrons. The lowest BCUT2D eigenvalue weighted by atomic mass is 10.1. The lowest BCUT2D eigenvalue weighted by molar-refractivity contribution is 0.386. The van der Waals surface area contributed by atoms with Crippen LogP contribution in [0.15, 0.2) is 34.9 Å². The third-order valence-corrected chi connectivity index (χ3v) is 2.58. The Balaban J connectivity index is 2.42. The molecule has 0 saturated carbocycles. The molecular weight excluding hydrogens is 261 g/mol. The SMILES string of the molecule is COc1ccc(-c2ccc(Br)[nH]2)cc1F. The molecule has 4 heteroatoms. The van der Waals surface area contributed by atoms with Gasteiger partial charge in [0.05, 0.1) is 11.7 Å². The van der Waals surface area contributed by atoms with Gasteiger partial charge in [0, 0.05) is 11.3 Å². The molecule has 0 aliphatic rings. The molecular formula is C11H9BrFNO. The number of hydrogen-bond acceptors (Lipinski definition) is 1. The van der Waals surface area contributed by atoms with E-state index in [0.29, 0.717) is 0 Å². The Morgan fingerprint density at radius 1 is 1.27 bits per heavy atom. The lowest BCUT2D eigenvalue weighted by Gasteiger charge is -2.03. The lowest BCUT2D eigenvalue weighted by Crippen LogP contribution is -1.88. The molecule has 1 N–H and O–H groups in total. The molecule has 0 spiro atoms. The predicted octanol–water partition coefficient (Wildman–Crippen LogP) is 3.59. The van der Waals surface area contributed by atoms with Crippen LogP contribution in [-0.2, 0) is 0 Å². The number of halogens is 2. The summed E-state index contributed by atoms with van der Waals surface area (Å²) in [6, 6.07) is 8.61. The molecule has 0 fully saturated rings. The summed E-state index contributed by atoms with van der Waals surface area (Å²) >= 11 is 3.30. The summed E-state index contributed by atoms with van der Waals surface area (Å²) < 4.78 is 19.1. The van der Waals surface area contributed by atoms with Gasteiger partial charge in [-0.15, -0.1) is 0 Å². The maximum Gasteiger partial charge on any atom is 0.165 e. The monoisotopic (exact) mass is 269 g/mol. The Bertz CT molecular complexity index is 481. The number of aromatic amines is 1. The highest BCUT2D eigenvalue weighted by Crippen LogP contribution is 2.25. The first kappa shape index (κ1) is 10.2. The Labute approximate surface area is 95.2 Å². The van der Waals surface area contributed by atoms with E-state index in [2.05, 4.69) is 20.9 Å². The Kier molecular flexibility index (Phi) is 2.77. The van der Waals surface area contributed by atoms with Crippen molar-refractivity contribution in [3.8, 4) is 17.0 Å². The Hall–Kier alpha value is -1.29. The number of methoxy groups -OCH3 is 1. The highest BCUT2D eigenvalue weighted by atomic mass is 79.9. The second kappa shape index (κ2) is 4.06. The van der Waals surface area contributed by atoms with Crippen LogP contribution in [0.2, 0.25) is 0 Å². The van der Waals surface area contributed by atoms with E-state index in [1.807, 2.05) is 12.1 Å². The van der Waals surface area contributed by atoms with Gasteiger partial charge in [-0.2, -0.15) is 0 Å². The highest BCUT2D eigenvalue weighted by molar-refractivity contribution is 9.10. The van der Waals surface area contributed by atoms with E-state index >= 15 is 0 Å². The van der Waals surface area contributed by atoms with Gasteiger partial charge in [-0.1, -0.05) is 0 Å². The van der Waals surface area contributed by atoms with Crippen molar-refractivity contribution in [2.45, 2.75) is 0 Å². The van der Waals surface area contributed by atoms with Crippen LogP contribution in [0.5, 0.6) is 5.75 Å². The molecule has 1 aromatic heterocycles. The molecule has 0 bridgehead atoms. The van der Waals surface area contributed by atoms with E-state index in [4.69, 9.17) is 4.74 Å². The molecule has 0 atom stereocenters. The predicted molar refractivity (Wildman–Crippen MR) is 60.4 cm³/mol. The number of benzene rings is 1. The van der Waals surface area contributed by atoms with Crippen molar-refractivity contribution < 1.29 is 9.13 Å². The fourth-order valence-electron chi connectivity index (χ4n) is 1.37. The molecule has 0 unspecified atom stereocenters. The smallest absolute Gasteiger partial charge is 0.165 e. The molecule has 2 nitrogen and oxygen atoms in total. The molecule has 0 saturated heterocycles. The molecule has 1 heterocycles. The van der Waals surface area contributed by atoms with Gasteiger partial charge in [-0.05, 0) is 46.3 Å². The first-order chi connectivity index (χ1) is 7.20. The van der Waals surface area contributed by atoms with Gasteiger partial charge in [-0.25, -0.2) is 4.39 Å². The van der Waals surface area contributed by atoms with E-state index in [0.717, 1.165) is 15.9 Å². The standard InChI is InChI=1S/C11H9BrFNO/c1-15-10-4-2-7(6-8(10)13)9-3-5-11(12)14-9/h2-6,14H,1H3. The fraction of sp³-hybridized carbons (Fsp3) is 0.0909. The van der Waals surface area contributed by atoms with Gasteiger partial charge in [0.2, 0.25) is 0 Å². The average Bonchev–Trinajstić information content (AvgIpc) is 2.65. The third-order valence-electron chi connectivity index (χ3n) is 2.11. The van der Waals surface area contributed by atoms with Crippen LogP contribution in [-0.4, -0.2) is 12.1 Å². The first-order valence-electron chi connectivity index (χ1n) is 4.39. The van der Waals surface area contributed by atoms with Crippen molar-refractivity contribution >= 4 is 15.9 Å². The molecule has 1 aromatic carbocycles. The zero-order valence-electron chi connectivity index (χ0n) is 8.05. The minimum Gasteiger partial charge on any atom is -0.494 e. The van der Waals surface area contributed by atoms with Crippen molar-refractivity contribution in [3.05, 3.63) is 40.8 Å². The second-order valence-electron chi connectivity index (χ2n) is 3.07. The van der Waals surface area contributed by atoms with Crippen LogP contribution in [0.3, 0.4) is 0 Å². The molecule has 0 aliphatic carbocycles. The minimum atomic E-state index is -0.360. The summed E-state index contributed by atoms with van der Waals surface area (Å²) in [6.45, 7) is 0. The maximum absolute atomic E-state index is 13.4. The zero-order valence-corrected chi connectivity index (χ0v) is 9.64. The number of H-pyrrole nitrogens is 1. The number of hydrogen-bond donors (Lipinski definition) is 1. The number of aromatic nitrogens is 1. The molecule has 2 rings (SSSR count). The quantitative estimate of drug-likeness (QED) is 0.886. The average molecular weight is 270 g/mol. The second-order valence-corrected chi connectivity index (χ2v) is 3.92. The van der Waals surface area contributed by atoms with E-state index in [9.17, 15) is 4.39 Å². The van der Waals surface area contributed by atoms with Gasteiger partial charge in [0.25, 0.3) is 0 Å². The zero-order chi connectivity index (χ0) is 10.8. The van der Waals surface area contributed by atoms with Gasteiger partial charge in [-0.3, -0.25) is 0 Å². The summed E-state index contributed by atoms with van der Waals surface area (Å²) in [5.74, 6) is -0.106. The number of nitrogens with one attached hydrogen (secondary N) is 1. The molecule has 2 aromatic rings. The van der Waals surface area contributed by atoms with Gasteiger partial charge in [0.1, 0.15) is 0 Å². The molecule has 15 heavy (non-hydrogen) atoms. The molecule has 0 aliphatic heterocycles. The normalized spacial score (nSPS) is 10.3. The Morgan fingerprint density at radius 3 is 2.60 bits per heavy atom. The summed E-state index contributed by atoms with van der Waals surface area (Å²) in [5, 5.41) is 0. The summed E-state index contributed by atoms with van der Waals surface area (Å²) in [4.78, 5) is 3.07. The Morgan fingerprint density at radius 2 is 2.07 bits per heavy atom. The summed E-state index contributed by atoms with van der Waals surface area (Å²) in [5.41, 5.74) is 1.66. The van der Waals surface area contributed by atoms with E-state index in [-0.39, 0.29) is 11.6 Å². The topological polar surface area (TPSA) is 25.0 Å². The largest absolute Gasteiger partial charge is 0.494 e. The van der Waals surface area contributed by atoms with Crippen LogP contribution < -0.4 is 4.74 Å². The minimum absolute atomic E-state index is 0.254. The van der Waals surface area contributed by atoms with Crippen molar-refractivity contribution in [2.75, 3.05) is 7.11 Å². The van der Waals surface area contributed by atoms with Crippen molar-refractivity contribution in [2.24, 2.45) is 0 Å². The highest BCUT2D eigenvalue weighted by Gasteiger charge is 2.06. The van der Waals surface area contributed by atoms with Crippen LogP contribution in [0.1, 0.15) is 0 Å². The maximum atomic E-state index is 13.4. The summed E-state index contributed by atoms with van der Waals surface area (Å²) in [6.07, 6.45) is 0. The molecule has 78 valence electrons. The fourth-order valence-corrected chi connectivity index (χ4v) is 1.72. The third kappa shape index (κ3) is 2.04. The van der Waals surface area contributed by atoms with Gasteiger partial charge >= 0.3 is 0 Å². The number of rotatable bonds is 2.